The lowest BCUT2D eigenvalue weighted by Crippen LogP contribution is -2.47. The lowest BCUT2D eigenvalue weighted by molar-refractivity contribution is -0.870. The van der Waals surface area contributed by atoms with E-state index in [0.29, 0.717) is 23.9 Å². The molecule has 0 rings (SSSR count). The normalized spacial score (nSPS) is 13.9. The summed E-state index contributed by atoms with van der Waals surface area (Å²) in [5, 5.41) is 3.06. The van der Waals surface area contributed by atoms with E-state index in [0.717, 1.165) is 89.9 Å². The summed E-state index contributed by atoms with van der Waals surface area (Å²) < 4.78 is 30.8. The molecule has 0 saturated heterocycles. The zero-order valence-electron chi connectivity index (χ0n) is 53.6. The second-order valence-electron chi connectivity index (χ2n) is 24.4. The molecule has 0 aromatic heterocycles. The summed E-state index contributed by atoms with van der Waals surface area (Å²) in [6.45, 7) is 7.01. The van der Waals surface area contributed by atoms with Crippen LogP contribution >= 0.6 is 7.82 Å². The van der Waals surface area contributed by atoms with Crippen LogP contribution in [-0.4, -0.2) is 74.3 Å². The summed E-state index contributed by atoms with van der Waals surface area (Å²) in [7, 11) is 1.49. The van der Waals surface area contributed by atoms with Crippen LogP contribution in [0.4, 0.5) is 0 Å². The lowest BCUT2D eigenvalue weighted by Gasteiger charge is -2.27. The third kappa shape index (κ3) is 60.3. The Hall–Kier alpha value is -2.29. The van der Waals surface area contributed by atoms with Crippen LogP contribution in [0.2, 0.25) is 0 Å². The summed E-state index contributed by atoms with van der Waals surface area (Å²) in [6.07, 6.45) is 76.5. The Morgan fingerprint density at radius 3 is 1.16 bits per heavy atom. The fraction of sp³-hybridized carbons (Fsp3) is 0.829. The highest BCUT2D eigenvalue weighted by Gasteiger charge is 2.30. The van der Waals surface area contributed by atoms with Crippen LogP contribution < -0.4 is 5.32 Å². The van der Waals surface area contributed by atoms with Crippen molar-refractivity contribution in [2.45, 2.75) is 335 Å². The summed E-state index contributed by atoms with van der Waals surface area (Å²) in [5.41, 5.74) is 0. The Balaban J connectivity index is 5.15. The number of likely N-dealkylation sites (N-methyl/N-ethyl adjacent to an activating group) is 1. The number of carbonyl (C=O) groups is 2. The van der Waals surface area contributed by atoms with Crippen LogP contribution in [0.15, 0.2) is 60.8 Å². The topological polar surface area (TPSA) is 111 Å². The maximum atomic E-state index is 13.6. The van der Waals surface area contributed by atoms with Gasteiger partial charge in [-0.3, -0.25) is 18.6 Å². The number of esters is 1. The minimum atomic E-state index is -4.45. The zero-order chi connectivity index (χ0) is 58.6. The van der Waals surface area contributed by atoms with Gasteiger partial charge in [0.15, 0.2) is 0 Å². The summed E-state index contributed by atoms with van der Waals surface area (Å²) >= 11 is 0. The van der Waals surface area contributed by atoms with Gasteiger partial charge >= 0.3 is 13.8 Å². The van der Waals surface area contributed by atoms with Crippen molar-refractivity contribution in [1.82, 2.24) is 5.32 Å². The predicted molar refractivity (Wildman–Crippen MR) is 346 cm³/mol. The van der Waals surface area contributed by atoms with Crippen molar-refractivity contribution in [2.75, 3.05) is 40.9 Å². The van der Waals surface area contributed by atoms with E-state index in [2.05, 4.69) is 74.7 Å². The van der Waals surface area contributed by atoms with Crippen molar-refractivity contribution < 1.29 is 37.3 Å². The Bertz CT molecular complexity index is 1550. The molecule has 3 unspecified atom stereocenters. The van der Waals surface area contributed by atoms with Crippen molar-refractivity contribution in [3.05, 3.63) is 60.8 Å². The predicted octanol–water partition coefficient (Wildman–Crippen LogP) is 21.4. The summed E-state index contributed by atoms with van der Waals surface area (Å²) in [4.78, 5) is 37.8. The average molecular weight is 1140 g/mol. The van der Waals surface area contributed by atoms with Crippen molar-refractivity contribution >= 4 is 19.7 Å². The van der Waals surface area contributed by atoms with E-state index in [1.807, 2.05) is 33.3 Å². The number of amides is 1. The maximum absolute atomic E-state index is 13.6. The van der Waals surface area contributed by atoms with Crippen LogP contribution in [0.25, 0.3) is 0 Å². The molecule has 0 saturated carbocycles. The molecule has 0 spiro atoms. The summed E-state index contributed by atoms with van der Waals surface area (Å²) in [6, 6.07) is -0.854. The second kappa shape index (κ2) is 59.9. The molecule has 0 aliphatic carbocycles. The Morgan fingerprint density at radius 1 is 0.438 bits per heavy atom. The number of nitrogens with one attached hydrogen (secondary N) is 1. The maximum Gasteiger partial charge on any atom is 0.472 e. The number of phosphoric acid groups is 1. The molecule has 9 nitrogen and oxygen atoms in total. The van der Waals surface area contributed by atoms with Crippen LogP contribution in [-0.2, 0) is 27.9 Å². The molecule has 0 fully saturated rings. The molecule has 0 radical (unpaired) electrons. The lowest BCUT2D eigenvalue weighted by atomic mass is 10.0. The van der Waals surface area contributed by atoms with Crippen LogP contribution in [0.5, 0.6) is 0 Å². The van der Waals surface area contributed by atoms with Gasteiger partial charge in [-0.25, -0.2) is 4.57 Å². The highest BCUT2D eigenvalue weighted by Crippen LogP contribution is 2.43. The molecule has 2 N–H and O–H groups in total. The van der Waals surface area contributed by atoms with Crippen molar-refractivity contribution in [3.8, 4) is 0 Å². The minimum Gasteiger partial charge on any atom is -0.456 e. The number of unbranched alkanes of at least 4 members (excludes halogenated alkanes) is 38. The highest BCUT2D eigenvalue weighted by molar-refractivity contribution is 7.47. The van der Waals surface area contributed by atoms with Gasteiger partial charge in [-0.15, -0.1) is 0 Å². The second-order valence-corrected chi connectivity index (χ2v) is 25.8. The van der Waals surface area contributed by atoms with Crippen LogP contribution in [0, 0.1) is 0 Å². The van der Waals surface area contributed by atoms with Gasteiger partial charge < -0.3 is 19.4 Å². The molecular weight excluding hydrogens is 1010 g/mol. The van der Waals surface area contributed by atoms with Gasteiger partial charge in [0, 0.05) is 12.8 Å². The van der Waals surface area contributed by atoms with Gasteiger partial charge in [-0.2, -0.15) is 0 Å². The fourth-order valence-electron chi connectivity index (χ4n) is 9.93. The first-order chi connectivity index (χ1) is 38.9. The number of allylic oxidation sites excluding steroid dienone is 9. The van der Waals surface area contributed by atoms with Gasteiger partial charge in [0.2, 0.25) is 5.91 Å². The molecule has 10 heteroatoms. The van der Waals surface area contributed by atoms with E-state index in [-0.39, 0.29) is 25.1 Å². The van der Waals surface area contributed by atoms with E-state index < -0.39 is 20.0 Å². The largest absolute Gasteiger partial charge is 0.472 e. The molecule has 3 atom stereocenters. The SMILES string of the molecule is CCCCC/C=C\C/C=C\C/C=C\C/C=C\CCCCCCCCCC(=O)NC(COP(=O)(O)OCC[N+](C)(C)C)C(/C=C/CCCCCCCCCCCC)OC(=O)CCCCCCCCCCCCCCCCCCCCC. The molecule has 0 bridgehead atoms. The minimum absolute atomic E-state index is 0.0380. The number of rotatable bonds is 62. The number of phosphoric ester groups is 1. The zero-order valence-corrected chi connectivity index (χ0v) is 54.5. The molecule has 0 heterocycles. The van der Waals surface area contributed by atoms with E-state index in [9.17, 15) is 19.0 Å². The first-order valence-electron chi connectivity index (χ1n) is 34.1. The quantitative estimate of drug-likeness (QED) is 0.0205. The number of nitrogens with zero attached hydrogens (tertiary/aromatic N) is 1. The number of carbonyl (C=O) groups excluding carboxylic acids is 2. The first kappa shape index (κ1) is 77.7. The van der Waals surface area contributed by atoms with E-state index in [1.54, 1.807) is 0 Å². The highest BCUT2D eigenvalue weighted by atomic mass is 31.2. The Morgan fingerprint density at radius 2 is 0.762 bits per heavy atom. The number of hydrogen-bond acceptors (Lipinski definition) is 6. The Kier molecular flexibility index (Phi) is 58.1. The van der Waals surface area contributed by atoms with Gasteiger partial charge in [-0.05, 0) is 76.7 Å². The van der Waals surface area contributed by atoms with Crippen LogP contribution in [0.1, 0.15) is 323 Å². The molecule has 80 heavy (non-hydrogen) atoms. The molecule has 0 aromatic carbocycles. The monoisotopic (exact) mass is 1140 g/mol. The molecule has 1 amide bonds. The molecule has 0 aliphatic heterocycles. The smallest absolute Gasteiger partial charge is 0.456 e. The van der Waals surface area contributed by atoms with Crippen molar-refractivity contribution in [1.29, 1.82) is 0 Å². The number of quaternary nitrogens is 1. The Labute approximate surface area is 496 Å². The van der Waals surface area contributed by atoms with Gasteiger partial charge in [-0.1, -0.05) is 294 Å². The molecule has 0 aromatic rings. The van der Waals surface area contributed by atoms with Crippen molar-refractivity contribution in [3.63, 3.8) is 0 Å². The average Bonchev–Trinajstić information content (AvgIpc) is 3.42. The van der Waals surface area contributed by atoms with Gasteiger partial charge in [0.25, 0.3) is 0 Å². The van der Waals surface area contributed by atoms with E-state index in [4.69, 9.17) is 13.8 Å². The fourth-order valence-corrected chi connectivity index (χ4v) is 10.7. The number of ether oxygens (including phenoxy) is 1. The first-order valence-corrected chi connectivity index (χ1v) is 35.6. The molecule has 0 aliphatic rings. The summed E-state index contributed by atoms with van der Waals surface area (Å²) in [5.74, 6) is -0.505. The van der Waals surface area contributed by atoms with Crippen LogP contribution in [0.3, 0.4) is 0 Å². The van der Waals surface area contributed by atoms with E-state index >= 15 is 0 Å². The molecule has 468 valence electrons. The van der Waals surface area contributed by atoms with Crippen molar-refractivity contribution in [2.24, 2.45) is 0 Å². The van der Waals surface area contributed by atoms with Gasteiger partial charge in [0.1, 0.15) is 19.3 Å². The standard InChI is InChI=1S/C70H131N2O7P/c1-7-10-13-16-19-22-25-28-30-32-34-35-36-37-39-40-42-44-47-50-53-56-59-62-69(73)71-67(66-78-80(75,76)77-65-64-72(4,5)6)68(61-58-55-52-49-46-27-24-21-18-15-12-9-3)79-70(74)63-60-57-54-51-48-45-43-41-38-33-31-29-26-23-20-17-14-11-8-2/h19,22,28,30,34-35,37,39,58,61,67-68H,7-18,20-21,23-27,29,31-33,36,38,40-57,59-60,62-66H2,1-6H3,(H-,71,73,75,76)/p+1/b22-19-,30-28-,35-34-,39-37-,61-58+. The third-order valence-electron chi connectivity index (χ3n) is 15.2. The third-order valence-corrected chi connectivity index (χ3v) is 16.2. The van der Waals surface area contributed by atoms with E-state index in [1.165, 1.54) is 199 Å². The number of hydrogen-bond donors (Lipinski definition) is 2. The molecular formula is C70H132N2O7P+. The van der Waals surface area contributed by atoms with Gasteiger partial charge in [0.05, 0.1) is 33.8 Å².